The minimum absolute atomic E-state index is 0.295. The van der Waals surface area contributed by atoms with Gasteiger partial charge in [0, 0.05) is 19.5 Å². The molecule has 1 aromatic heterocycles. The fourth-order valence-electron chi connectivity index (χ4n) is 1.49. The lowest BCUT2D eigenvalue weighted by molar-refractivity contribution is 0.122. The van der Waals surface area contributed by atoms with Crippen molar-refractivity contribution in [2.45, 2.75) is 13.3 Å². The second-order valence-electron chi connectivity index (χ2n) is 3.36. The number of nitrogens with zero attached hydrogens (tertiary/aromatic N) is 4. The first kappa shape index (κ1) is 10.1. The number of hydrogen-bond donors (Lipinski definition) is 1. The number of hydrogen-bond acceptors (Lipinski definition) is 6. The van der Waals surface area contributed by atoms with Crippen molar-refractivity contribution in [3.05, 3.63) is 5.82 Å². The van der Waals surface area contributed by atoms with Crippen LogP contribution in [0.1, 0.15) is 12.7 Å². The van der Waals surface area contributed by atoms with Gasteiger partial charge in [-0.05, 0) is 0 Å². The molecule has 6 nitrogen and oxygen atoms in total. The average molecular weight is 209 g/mol. The lowest BCUT2D eigenvalue weighted by atomic mass is 10.4. The quantitative estimate of drug-likeness (QED) is 0.730. The Bertz CT molecular complexity index is 337. The maximum atomic E-state index is 5.62. The summed E-state index contributed by atoms with van der Waals surface area (Å²) in [5, 5.41) is 0. The third-order valence-corrected chi connectivity index (χ3v) is 2.30. The molecule has 82 valence electrons. The topological polar surface area (TPSA) is 77.2 Å². The van der Waals surface area contributed by atoms with Gasteiger partial charge in [-0.3, -0.25) is 0 Å². The van der Waals surface area contributed by atoms with Gasteiger partial charge in [0.05, 0.1) is 13.2 Å². The van der Waals surface area contributed by atoms with Crippen LogP contribution in [0.4, 0.5) is 11.9 Å². The van der Waals surface area contributed by atoms with Crippen LogP contribution in [0.3, 0.4) is 0 Å². The van der Waals surface area contributed by atoms with Gasteiger partial charge < -0.3 is 15.4 Å². The molecule has 15 heavy (non-hydrogen) atoms. The molecule has 0 amide bonds. The molecule has 1 fully saturated rings. The van der Waals surface area contributed by atoms with Gasteiger partial charge in [-0.15, -0.1) is 0 Å². The van der Waals surface area contributed by atoms with E-state index < -0.39 is 0 Å². The van der Waals surface area contributed by atoms with Gasteiger partial charge >= 0.3 is 0 Å². The van der Waals surface area contributed by atoms with Gasteiger partial charge in [0.25, 0.3) is 0 Å². The first-order chi connectivity index (χ1) is 7.29. The molecule has 0 spiro atoms. The smallest absolute Gasteiger partial charge is 0.230 e. The summed E-state index contributed by atoms with van der Waals surface area (Å²) in [5.41, 5.74) is 5.62. The van der Waals surface area contributed by atoms with E-state index in [4.69, 9.17) is 10.5 Å². The van der Waals surface area contributed by atoms with Crippen LogP contribution in [-0.2, 0) is 11.2 Å². The highest BCUT2D eigenvalue weighted by Gasteiger charge is 2.15. The van der Waals surface area contributed by atoms with E-state index in [0.29, 0.717) is 25.1 Å². The van der Waals surface area contributed by atoms with E-state index in [1.54, 1.807) is 0 Å². The van der Waals surface area contributed by atoms with Crippen LogP contribution in [0.15, 0.2) is 0 Å². The number of ether oxygens (including phenoxy) is 1. The summed E-state index contributed by atoms with van der Waals surface area (Å²) >= 11 is 0. The fraction of sp³-hybridized carbons (Fsp3) is 0.667. The molecule has 1 saturated heterocycles. The van der Waals surface area contributed by atoms with Crippen molar-refractivity contribution in [1.82, 2.24) is 15.0 Å². The molecule has 0 aromatic carbocycles. The molecule has 0 atom stereocenters. The van der Waals surface area contributed by atoms with E-state index in [2.05, 4.69) is 19.9 Å². The molecular formula is C9H15N5O. The highest BCUT2D eigenvalue weighted by molar-refractivity contribution is 5.34. The summed E-state index contributed by atoms with van der Waals surface area (Å²) in [6.45, 7) is 5.05. The molecule has 0 saturated carbocycles. The standard InChI is InChI=1S/C9H15N5O/c1-2-7-11-8(10)13-9(12-7)14-3-5-15-6-4-14/h2-6H2,1H3,(H2,10,11,12,13). The number of nitrogen functional groups attached to an aromatic ring is 1. The summed E-state index contributed by atoms with van der Waals surface area (Å²) < 4.78 is 5.26. The summed E-state index contributed by atoms with van der Waals surface area (Å²) in [6, 6.07) is 0. The minimum atomic E-state index is 0.295. The number of rotatable bonds is 2. The number of aryl methyl sites for hydroxylation is 1. The highest BCUT2D eigenvalue weighted by Crippen LogP contribution is 2.11. The Labute approximate surface area is 88.5 Å². The van der Waals surface area contributed by atoms with Gasteiger partial charge in [0.15, 0.2) is 0 Å². The van der Waals surface area contributed by atoms with E-state index >= 15 is 0 Å². The highest BCUT2D eigenvalue weighted by atomic mass is 16.5. The molecule has 6 heteroatoms. The van der Waals surface area contributed by atoms with Gasteiger partial charge in [0.1, 0.15) is 5.82 Å². The molecule has 1 aliphatic heterocycles. The maximum absolute atomic E-state index is 5.62. The number of aromatic nitrogens is 3. The maximum Gasteiger partial charge on any atom is 0.230 e. The van der Waals surface area contributed by atoms with Crippen LogP contribution in [0.5, 0.6) is 0 Å². The van der Waals surface area contributed by atoms with Crippen LogP contribution in [0.25, 0.3) is 0 Å². The van der Waals surface area contributed by atoms with Gasteiger partial charge in [-0.1, -0.05) is 6.92 Å². The van der Waals surface area contributed by atoms with Crippen LogP contribution in [-0.4, -0.2) is 41.3 Å². The molecule has 2 rings (SSSR count). The summed E-state index contributed by atoms with van der Waals surface area (Å²) in [6.07, 6.45) is 0.768. The second-order valence-corrected chi connectivity index (χ2v) is 3.36. The SMILES string of the molecule is CCc1nc(N)nc(N2CCOCC2)n1. The van der Waals surface area contributed by atoms with E-state index in [-0.39, 0.29) is 0 Å². The Morgan fingerprint density at radius 1 is 1.27 bits per heavy atom. The molecule has 0 unspecified atom stereocenters. The van der Waals surface area contributed by atoms with Crippen molar-refractivity contribution in [3.63, 3.8) is 0 Å². The van der Waals surface area contributed by atoms with Crippen molar-refractivity contribution < 1.29 is 4.74 Å². The third kappa shape index (κ3) is 2.33. The monoisotopic (exact) mass is 209 g/mol. The Morgan fingerprint density at radius 2 is 2.00 bits per heavy atom. The molecule has 1 aliphatic rings. The van der Waals surface area contributed by atoms with Gasteiger partial charge in [-0.2, -0.15) is 15.0 Å². The van der Waals surface area contributed by atoms with Crippen LogP contribution in [0.2, 0.25) is 0 Å². The molecule has 1 aromatic rings. The van der Waals surface area contributed by atoms with Crippen molar-refractivity contribution >= 4 is 11.9 Å². The predicted octanol–water partition coefficient (Wildman–Crippen LogP) is -0.147. The number of morpholine rings is 1. The normalized spacial score (nSPS) is 16.7. The third-order valence-electron chi connectivity index (χ3n) is 2.30. The Kier molecular flexibility index (Phi) is 2.96. The Hall–Kier alpha value is -1.43. The van der Waals surface area contributed by atoms with Crippen molar-refractivity contribution in [2.24, 2.45) is 0 Å². The van der Waals surface area contributed by atoms with Crippen LogP contribution in [0, 0.1) is 0 Å². The summed E-state index contributed by atoms with van der Waals surface area (Å²) in [5.74, 6) is 1.70. The molecule has 0 aliphatic carbocycles. The number of anilines is 2. The average Bonchev–Trinajstić information content (AvgIpc) is 2.29. The minimum Gasteiger partial charge on any atom is -0.378 e. The van der Waals surface area contributed by atoms with Crippen molar-refractivity contribution in [2.75, 3.05) is 36.9 Å². The zero-order chi connectivity index (χ0) is 10.7. The summed E-state index contributed by atoms with van der Waals surface area (Å²) in [7, 11) is 0. The second kappa shape index (κ2) is 4.39. The van der Waals surface area contributed by atoms with Gasteiger partial charge in [-0.25, -0.2) is 0 Å². The first-order valence-electron chi connectivity index (χ1n) is 5.12. The zero-order valence-electron chi connectivity index (χ0n) is 8.81. The Morgan fingerprint density at radius 3 is 2.67 bits per heavy atom. The molecular weight excluding hydrogens is 194 g/mol. The van der Waals surface area contributed by atoms with Crippen molar-refractivity contribution in [3.8, 4) is 0 Å². The zero-order valence-corrected chi connectivity index (χ0v) is 8.81. The summed E-state index contributed by atoms with van der Waals surface area (Å²) in [4.78, 5) is 14.6. The fourth-order valence-corrected chi connectivity index (χ4v) is 1.49. The lowest BCUT2D eigenvalue weighted by Gasteiger charge is -2.26. The molecule has 0 bridgehead atoms. The van der Waals surface area contributed by atoms with Gasteiger partial charge in [0.2, 0.25) is 11.9 Å². The van der Waals surface area contributed by atoms with E-state index in [0.717, 1.165) is 25.3 Å². The molecule has 2 heterocycles. The largest absolute Gasteiger partial charge is 0.378 e. The van der Waals surface area contributed by atoms with E-state index in [1.807, 2.05) is 6.92 Å². The number of nitrogens with two attached hydrogens (primary N) is 1. The van der Waals surface area contributed by atoms with Crippen LogP contribution < -0.4 is 10.6 Å². The van der Waals surface area contributed by atoms with E-state index in [9.17, 15) is 0 Å². The Balaban J connectivity index is 2.22. The molecule has 2 N–H and O–H groups in total. The lowest BCUT2D eigenvalue weighted by Crippen LogP contribution is -2.37. The first-order valence-corrected chi connectivity index (χ1v) is 5.12. The predicted molar refractivity (Wildman–Crippen MR) is 56.6 cm³/mol. The van der Waals surface area contributed by atoms with Crippen molar-refractivity contribution in [1.29, 1.82) is 0 Å². The van der Waals surface area contributed by atoms with E-state index in [1.165, 1.54) is 0 Å². The van der Waals surface area contributed by atoms with Crippen LogP contribution >= 0.6 is 0 Å². The molecule has 0 radical (unpaired) electrons.